The Morgan fingerprint density at radius 3 is 2.68 bits per heavy atom. The first-order valence-electron chi connectivity index (χ1n) is 6.22. The molecule has 0 unspecified atom stereocenters. The summed E-state index contributed by atoms with van der Waals surface area (Å²) >= 11 is 1.23. The summed E-state index contributed by atoms with van der Waals surface area (Å²) in [5.41, 5.74) is 0.0838. The highest BCUT2D eigenvalue weighted by Gasteiger charge is 2.15. The van der Waals surface area contributed by atoms with E-state index in [1.807, 2.05) is 5.32 Å². The zero-order valence-corrected chi connectivity index (χ0v) is 12.6. The van der Waals surface area contributed by atoms with Crippen molar-refractivity contribution in [2.45, 2.75) is 0 Å². The minimum Gasteiger partial charge on any atom is -0.451 e. The number of esters is 1. The third kappa shape index (κ3) is 6.18. The SMILES string of the molecule is C=CCNC(=O)NC(=O)COC(=O)c1csc(NCC=C)n1. The quantitative estimate of drug-likeness (QED) is 0.484. The molecule has 0 aromatic carbocycles. The molecular formula is C13H16N4O4S. The Balaban J connectivity index is 2.37. The Bertz CT molecular complexity index is 570. The zero-order chi connectivity index (χ0) is 16.4. The van der Waals surface area contributed by atoms with Crippen molar-refractivity contribution in [3.05, 3.63) is 36.4 Å². The van der Waals surface area contributed by atoms with Crippen LogP contribution in [0.25, 0.3) is 0 Å². The molecule has 1 heterocycles. The second-order valence-corrected chi connectivity index (χ2v) is 4.69. The van der Waals surface area contributed by atoms with E-state index in [1.165, 1.54) is 22.8 Å². The summed E-state index contributed by atoms with van der Waals surface area (Å²) in [6, 6.07) is -0.689. The Kier molecular flexibility index (Phi) is 7.34. The van der Waals surface area contributed by atoms with Gasteiger partial charge in [-0.2, -0.15) is 0 Å². The second kappa shape index (κ2) is 9.29. The normalized spacial score (nSPS) is 9.45. The van der Waals surface area contributed by atoms with Crippen molar-refractivity contribution < 1.29 is 19.1 Å². The van der Waals surface area contributed by atoms with E-state index in [0.717, 1.165) is 0 Å². The molecule has 1 aromatic heterocycles. The molecule has 1 rings (SSSR count). The molecule has 0 atom stereocenters. The molecule has 0 aliphatic rings. The molecule has 0 spiro atoms. The first-order chi connectivity index (χ1) is 10.6. The Morgan fingerprint density at radius 2 is 2.00 bits per heavy atom. The molecule has 3 N–H and O–H groups in total. The van der Waals surface area contributed by atoms with Crippen LogP contribution in [0, 0.1) is 0 Å². The maximum Gasteiger partial charge on any atom is 0.358 e. The van der Waals surface area contributed by atoms with Crippen LogP contribution in [-0.2, 0) is 9.53 Å². The van der Waals surface area contributed by atoms with E-state index in [9.17, 15) is 14.4 Å². The van der Waals surface area contributed by atoms with Crippen LogP contribution in [0.5, 0.6) is 0 Å². The molecule has 0 aliphatic heterocycles. The standard InChI is InChI=1S/C13H16N4O4S/c1-3-5-14-12(20)17-10(18)7-21-11(19)9-8-22-13(16-9)15-6-4-2/h3-4,8H,1-2,5-7H2,(H,15,16)(H2,14,17,18,20). The lowest BCUT2D eigenvalue weighted by Crippen LogP contribution is -2.41. The number of imide groups is 1. The molecule has 118 valence electrons. The number of hydrogen-bond donors (Lipinski definition) is 3. The summed E-state index contributed by atoms with van der Waals surface area (Å²) in [7, 11) is 0. The summed E-state index contributed by atoms with van der Waals surface area (Å²) in [5.74, 6) is -1.49. The number of aromatic nitrogens is 1. The minimum absolute atomic E-state index is 0.0838. The van der Waals surface area contributed by atoms with Crippen LogP contribution in [0.2, 0.25) is 0 Å². The lowest BCUT2D eigenvalue weighted by Gasteiger charge is -2.05. The number of carbonyl (C=O) groups is 3. The average Bonchev–Trinajstić information content (AvgIpc) is 2.97. The molecule has 0 saturated carbocycles. The number of thiazole rings is 1. The number of amides is 3. The Morgan fingerprint density at radius 1 is 1.27 bits per heavy atom. The highest BCUT2D eigenvalue weighted by atomic mass is 32.1. The summed E-state index contributed by atoms with van der Waals surface area (Å²) in [5, 5.41) is 9.31. The number of anilines is 1. The predicted molar refractivity (Wildman–Crippen MR) is 82.8 cm³/mol. The van der Waals surface area contributed by atoms with Crippen molar-refractivity contribution in [1.29, 1.82) is 0 Å². The number of rotatable bonds is 8. The van der Waals surface area contributed by atoms with E-state index in [0.29, 0.717) is 11.7 Å². The summed E-state index contributed by atoms with van der Waals surface area (Å²) in [6.45, 7) is 7.12. The molecule has 0 saturated heterocycles. The fraction of sp³-hybridized carbons (Fsp3) is 0.231. The van der Waals surface area contributed by atoms with Gasteiger partial charge in [-0.05, 0) is 0 Å². The van der Waals surface area contributed by atoms with Gasteiger partial charge in [0.1, 0.15) is 0 Å². The zero-order valence-electron chi connectivity index (χ0n) is 11.8. The molecule has 0 radical (unpaired) electrons. The van der Waals surface area contributed by atoms with E-state index in [1.54, 1.807) is 6.08 Å². The smallest absolute Gasteiger partial charge is 0.358 e. The number of ether oxygens (including phenoxy) is 1. The maximum absolute atomic E-state index is 11.7. The first kappa shape index (κ1) is 17.4. The van der Waals surface area contributed by atoms with E-state index in [2.05, 4.69) is 28.8 Å². The highest BCUT2D eigenvalue weighted by molar-refractivity contribution is 7.13. The van der Waals surface area contributed by atoms with E-state index in [-0.39, 0.29) is 12.2 Å². The summed E-state index contributed by atoms with van der Waals surface area (Å²) < 4.78 is 4.76. The molecule has 22 heavy (non-hydrogen) atoms. The van der Waals surface area contributed by atoms with Crippen molar-refractivity contribution in [3.8, 4) is 0 Å². The van der Waals surface area contributed by atoms with Crippen LogP contribution in [0.3, 0.4) is 0 Å². The van der Waals surface area contributed by atoms with Gasteiger partial charge in [-0.3, -0.25) is 10.1 Å². The molecule has 0 fully saturated rings. The molecule has 3 amide bonds. The van der Waals surface area contributed by atoms with Crippen molar-refractivity contribution in [2.75, 3.05) is 25.0 Å². The largest absolute Gasteiger partial charge is 0.451 e. The molecule has 0 bridgehead atoms. The lowest BCUT2D eigenvalue weighted by atomic mass is 10.5. The van der Waals surface area contributed by atoms with Crippen LogP contribution in [0.15, 0.2) is 30.7 Å². The van der Waals surface area contributed by atoms with Crippen LogP contribution >= 0.6 is 11.3 Å². The second-order valence-electron chi connectivity index (χ2n) is 3.83. The molecule has 0 aliphatic carbocycles. The first-order valence-corrected chi connectivity index (χ1v) is 7.10. The van der Waals surface area contributed by atoms with E-state index < -0.39 is 24.5 Å². The molecular weight excluding hydrogens is 308 g/mol. The highest BCUT2D eigenvalue weighted by Crippen LogP contribution is 2.15. The maximum atomic E-state index is 11.7. The van der Waals surface area contributed by atoms with Crippen molar-refractivity contribution in [3.63, 3.8) is 0 Å². The number of hydrogen-bond acceptors (Lipinski definition) is 7. The summed E-state index contributed by atoms with van der Waals surface area (Å²) in [6.07, 6.45) is 3.12. The van der Waals surface area contributed by atoms with Crippen molar-refractivity contribution in [2.24, 2.45) is 0 Å². The number of nitrogens with one attached hydrogen (secondary N) is 3. The third-order valence-electron chi connectivity index (χ3n) is 2.11. The third-order valence-corrected chi connectivity index (χ3v) is 2.91. The minimum atomic E-state index is -0.746. The van der Waals surface area contributed by atoms with Gasteiger partial charge in [-0.25, -0.2) is 14.6 Å². The molecule has 9 heteroatoms. The van der Waals surface area contributed by atoms with Gasteiger partial charge in [0.15, 0.2) is 17.4 Å². The van der Waals surface area contributed by atoms with Crippen molar-refractivity contribution in [1.82, 2.24) is 15.6 Å². The van der Waals surface area contributed by atoms with Crippen LogP contribution in [0.4, 0.5) is 9.93 Å². The molecule has 8 nitrogen and oxygen atoms in total. The average molecular weight is 324 g/mol. The van der Waals surface area contributed by atoms with E-state index in [4.69, 9.17) is 4.74 Å². The van der Waals surface area contributed by atoms with Gasteiger partial charge < -0.3 is 15.4 Å². The summed E-state index contributed by atoms with van der Waals surface area (Å²) in [4.78, 5) is 38.2. The van der Waals surface area contributed by atoms with Crippen LogP contribution < -0.4 is 16.0 Å². The number of nitrogens with zero attached hydrogens (tertiary/aromatic N) is 1. The number of carbonyl (C=O) groups excluding carboxylic acids is 3. The number of urea groups is 1. The topological polar surface area (TPSA) is 109 Å². The Labute approximate surface area is 131 Å². The predicted octanol–water partition coefficient (Wildman–Crippen LogP) is 0.910. The van der Waals surface area contributed by atoms with Gasteiger partial charge >= 0.3 is 12.0 Å². The van der Waals surface area contributed by atoms with Crippen LogP contribution in [0.1, 0.15) is 10.5 Å². The molecule has 1 aromatic rings. The van der Waals surface area contributed by atoms with Crippen molar-refractivity contribution >= 4 is 34.4 Å². The fourth-order valence-electron chi connectivity index (χ4n) is 1.18. The van der Waals surface area contributed by atoms with Gasteiger partial charge in [-0.1, -0.05) is 12.2 Å². The monoisotopic (exact) mass is 324 g/mol. The lowest BCUT2D eigenvalue weighted by molar-refractivity contribution is -0.123. The van der Waals surface area contributed by atoms with Gasteiger partial charge in [0.25, 0.3) is 5.91 Å². The van der Waals surface area contributed by atoms with Gasteiger partial charge in [0.05, 0.1) is 0 Å². The van der Waals surface area contributed by atoms with Gasteiger partial charge in [0, 0.05) is 18.5 Å². The van der Waals surface area contributed by atoms with Gasteiger partial charge in [0.2, 0.25) is 0 Å². The van der Waals surface area contributed by atoms with Gasteiger partial charge in [-0.15, -0.1) is 24.5 Å². The van der Waals surface area contributed by atoms with Crippen LogP contribution in [-0.4, -0.2) is 42.6 Å². The van der Waals surface area contributed by atoms with E-state index >= 15 is 0 Å². The fourth-order valence-corrected chi connectivity index (χ4v) is 1.87. The Hall–Kier alpha value is -2.68.